The number of hydrogen-bond acceptors (Lipinski definition) is 3. The van der Waals surface area contributed by atoms with Gasteiger partial charge in [0.05, 0.1) is 22.5 Å². The quantitative estimate of drug-likeness (QED) is 0.942. The molecule has 1 N–H and O–H groups in total. The van der Waals surface area contributed by atoms with Crippen molar-refractivity contribution in [2.75, 3.05) is 0 Å². The summed E-state index contributed by atoms with van der Waals surface area (Å²) < 4.78 is 2.54. The molecule has 6 heteroatoms. The first-order valence-corrected chi connectivity index (χ1v) is 7.61. The predicted octanol–water partition coefficient (Wildman–Crippen LogP) is 3.17. The highest BCUT2D eigenvalue weighted by atomic mass is 35.5. The van der Waals surface area contributed by atoms with Gasteiger partial charge in [-0.05, 0) is 32.9 Å². The Hall–Kier alpha value is -1.33. The maximum Gasteiger partial charge on any atom is 0.225 e. The molecule has 0 unspecified atom stereocenters. The third kappa shape index (κ3) is 3.22. The van der Waals surface area contributed by atoms with Gasteiger partial charge in [-0.1, -0.05) is 11.6 Å². The lowest BCUT2D eigenvalue weighted by atomic mass is 10.1. The predicted molar refractivity (Wildman–Crippen MR) is 82.3 cm³/mol. The summed E-state index contributed by atoms with van der Waals surface area (Å²) in [6.07, 6.45) is 0.356. The van der Waals surface area contributed by atoms with Crippen LogP contribution in [0.15, 0.2) is 12.1 Å². The fraction of sp³-hybridized carbons (Fsp3) is 0.429. The first-order valence-electron chi connectivity index (χ1n) is 6.42. The summed E-state index contributed by atoms with van der Waals surface area (Å²) in [5.41, 5.74) is 2.94. The first-order chi connectivity index (χ1) is 9.38. The molecular weight excluding hydrogens is 294 g/mol. The maximum atomic E-state index is 12.1. The van der Waals surface area contributed by atoms with Crippen molar-refractivity contribution < 1.29 is 4.79 Å². The molecule has 0 saturated carbocycles. The van der Waals surface area contributed by atoms with E-state index in [1.807, 2.05) is 40.0 Å². The average Bonchev–Trinajstić information content (AvgIpc) is 2.89. The van der Waals surface area contributed by atoms with Gasteiger partial charge in [-0.25, -0.2) is 0 Å². The minimum Gasteiger partial charge on any atom is -0.348 e. The number of nitrogens with one attached hydrogen (secondary N) is 1. The van der Waals surface area contributed by atoms with E-state index in [0.717, 1.165) is 26.2 Å². The third-order valence-corrected chi connectivity index (χ3v) is 4.81. The molecule has 0 aromatic carbocycles. The summed E-state index contributed by atoms with van der Waals surface area (Å²) in [4.78, 5) is 13.2. The Bertz CT molecular complexity index is 632. The van der Waals surface area contributed by atoms with Crippen LogP contribution in [0.2, 0.25) is 4.34 Å². The first kappa shape index (κ1) is 15.1. The van der Waals surface area contributed by atoms with Crippen LogP contribution in [-0.4, -0.2) is 15.7 Å². The number of aryl methyl sites for hydroxylation is 2. The van der Waals surface area contributed by atoms with Crippen LogP contribution in [-0.2, 0) is 18.3 Å². The largest absolute Gasteiger partial charge is 0.348 e. The number of aromatic nitrogens is 2. The van der Waals surface area contributed by atoms with Gasteiger partial charge in [-0.2, -0.15) is 5.10 Å². The number of thiophene rings is 1. The Balaban J connectivity index is 2.02. The zero-order chi connectivity index (χ0) is 14.9. The van der Waals surface area contributed by atoms with Gasteiger partial charge >= 0.3 is 0 Å². The zero-order valence-electron chi connectivity index (χ0n) is 12.0. The summed E-state index contributed by atoms with van der Waals surface area (Å²) in [5, 5.41) is 7.32. The number of rotatable bonds is 4. The molecule has 20 heavy (non-hydrogen) atoms. The normalized spacial score (nSPS) is 12.4. The summed E-state index contributed by atoms with van der Waals surface area (Å²) in [6.45, 7) is 5.87. The molecule has 4 nitrogen and oxygen atoms in total. The van der Waals surface area contributed by atoms with Crippen molar-refractivity contribution in [3.63, 3.8) is 0 Å². The zero-order valence-corrected chi connectivity index (χ0v) is 13.6. The van der Waals surface area contributed by atoms with Crippen molar-refractivity contribution in [2.45, 2.75) is 33.2 Å². The van der Waals surface area contributed by atoms with Gasteiger partial charge in [-0.15, -0.1) is 11.3 Å². The van der Waals surface area contributed by atoms with Crippen LogP contribution in [0.1, 0.15) is 34.8 Å². The Kier molecular flexibility index (Phi) is 4.50. The third-order valence-electron chi connectivity index (χ3n) is 3.39. The standard InChI is InChI=1S/C14H18ClN3OS/c1-8-11(10(3)18(4)17-8)7-14(19)16-9(2)12-5-6-13(15)20-12/h5-6,9H,7H2,1-4H3,(H,16,19)/t9-/m0/s1. The maximum absolute atomic E-state index is 12.1. The molecule has 108 valence electrons. The number of amides is 1. The Labute approximate surface area is 127 Å². The van der Waals surface area contributed by atoms with Crippen molar-refractivity contribution in [1.82, 2.24) is 15.1 Å². The second kappa shape index (κ2) is 5.97. The molecule has 0 saturated heterocycles. The lowest BCUT2D eigenvalue weighted by Crippen LogP contribution is -2.28. The van der Waals surface area contributed by atoms with E-state index in [9.17, 15) is 4.79 Å². The number of halogens is 1. The van der Waals surface area contributed by atoms with E-state index in [1.54, 1.807) is 4.68 Å². The summed E-state index contributed by atoms with van der Waals surface area (Å²) in [5.74, 6) is 0.00113. The Morgan fingerprint density at radius 2 is 2.20 bits per heavy atom. The van der Waals surface area contributed by atoms with Crippen LogP contribution >= 0.6 is 22.9 Å². The SMILES string of the molecule is Cc1nn(C)c(C)c1CC(=O)N[C@@H](C)c1ccc(Cl)s1. The summed E-state index contributed by atoms with van der Waals surface area (Å²) in [7, 11) is 1.89. The van der Waals surface area contributed by atoms with Crippen LogP contribution in [0, 0.1) is 13.8 Å². The number of carbonyl (C=O) groups excluding carboxylic acids is 1. The molecule has 0 radical (unpaired) electrons. The Morgan fingerprint density at radius 3 is 2.70 bits per heavy atom. The Morgan fingerprint density at radius 1 is 1.50 bits per heavy atom. The van der Waals surface area contributed by atoms with Crippen molar-refractivity contribution >= 4 is 28.8 Å². The fourth-order valence-corrected chi connectivity index (χ4v) is 3.22. The molecule has 0 bridgehead atoms. The van der Waals surface area contributed by atoms with E-state index < -0.39 is 0 Å². The second-order valence-corrected chi connectivity index (χ2v) is 6.63. The van der Waals surface area contributed by atoms with Gasteiger partial charge < -0.3 is 5.32 Å². The molecule has 0 aliphatic heterocycles. The lowest BCUT2D eigenvalue weighted by Gasteiger charge is -2.12. The molecule has 1 atom stereocenters. The molecule has 0 spiro atoms. The van der Waals surface area contributed by atoms with Crippen LogP contribution in [0.4, 0.5) is 0 Å². The van der Waals surface area contributed by atoms with Crippen LogP contribution in [0.3, 0.4) is 0 Å². The van der Waals surface area contributed by atoms with Crippen LogP contribution in [0.5, 0.6) is 0 Å². The van der Waals surface area contributed by atoms with Gasteiger partial charge in [0.2, 0.25) is 5.91 Å². The molecule has 2 heterocycles. The minimum atomic E-state index is -0.0303. The minimum absolute atomic E-state index is 0.00113. The molecule has 0 aliphatic rings. The smallest absolute Gasteiger partial charge is 0.225 e. The van der Waals surface area contributed by atoms with Gasteiger partial charge in [0, 0.05) is 23.2 Å². The van der Waals surface area contributed by atoms with Gasteiger partial charge in [0.1, 0.15) is 0 Å². The second-order valence-electron chi connectivity index (χ2n) is 4.88. The van der Waals surface area contributed by atoms with E-state index in [2.05, 4.69) is 10.4 Å². The highest BCUT2D eigenvalue weighted by molar-refractivity contribution is 7.16. The molecule has 0 aliphatic carbocycles. The summed E-state index contributed by atoms with van der Waals surface area (Å²) in [6, 6.07) is 3.76. The van der Waals surface area contributed by atoms with Gasteiger partial charge in [0.15, 0.2) is 0 Å². The van der Waals surface area contributed by atoms with Crippen LogP contribution in [0.25, 0.3) is 0 Å². The molecule has 2 aromatic rings. The molecule has 1 amide bonds. The van der Waals surface area contributed by atoms with E-state index in [1.165, 1.54) is 11.3 Å². The topological polar surface area (TPSA) is 46.9 Å². The molecule has 0 fully saturated rings. The molecule has 2 aromatic heterocycles. The van der Waals surface area contributed by atoms with E-state index >= 15 is 0 Å². The van der Waals surface area contributed by atoms with Crippen molar-refractivity contribution in [3.05, 3.63) is 38.3 Å². The average molecular weight is 312 g/mol. The van der Waals surface area contributed by atoms with Crippen molar-refractivity contribution in [1.29, 1.82) is 0 Å². The monoisotopic (exact) mass is 311 g/mol. The van der Waals surface area contributed by atoms with Gasteiger partial charge in [-0.3, -0.25) is 9.48 Å². The van der Waals surface area contributed by atoms with E-state index in [-0.39, 0.29) is 11.9 Å². The number of carbonyl (C=O) groups is 1. The number of hydrogen-bond donors (Lipinski definition) is 1. The van der Waals surface area contributed by atoms with Gasteiger partial charge in [0.25, 0.3) is 0 Å². The highest BCUT2D eigenvalue weighted by Crippen LogP contribution is 2.26. The van der Waals surface area contributed by atoms with Crippen LogP contribution < -0.4 is 5.32 Å². The van der Waals surface area contributed by atoms with Crippen molar-refractivity contribution in [2.24, 2.45) is 7.05 Å². The lowest BCUT2D eigenvalue weighted by molar-refractivity contribution is -0.121. The van der Waals surface area contributed by atoms with E-state index in [0.29, 0.717) is 6.42 Å². The van der Waals surface area contributed by atoms with E-state index in [4.69, 9.17) is 11.6 Å². The summed E-state index contributed by atoms with van der Waals surface area (Å²) >= 11 is 7.40. The number of nitrogens with zero attached hydrogens (tertiary/aromatic N) is 2. The fourth-order valence-electron chi connectivity index (χ4n) is 2.16. The highest BCUT2D eigenvalue weighted by Gasteiger charge is 2.16. The molecule has 2 rings (SSSR count). The van der Waals surface area contributed by atoms with Crippen molar-refractivity contribution in [3.8, 4) is 0 Å². The molecular formula is C14H18ClN3OS.